The predicted octanol–water partition coefficient (Wildman–Crippen LogP) is 3.61. The number of esters is 1. The summed E-state index contributed by atoms with van der Waals surface area (Å²) in [6.45, 7) is 5.77. The van der Waals surface area contributed by atoms with E-state index in [0.717, 1.165) is 12.8 Å². The Morgan fingerprint density at radius 3 is 2.11 bits per heavy atom. The van der Waals surface area contributed by atoms with Crippen molar-refractivity contribution >= 4 is 5.97 Å². The molecule has 0 aliphatic rings. The molecular formula is C15H28O3. The van der Waals surface area contributed by atoms with Crippen LogP contribution in [0, 0.1) is 0 Å². The van der Waals surface area contributed by atoms with Crippen LogP contribution in [0.1, 0.15) is 64.7 Å². The predicted molar refractivity (Wildman–Crippen MR) is 74.4 cm³/mol. The molecule has 0 saturated heterocycles. The lowest BCUT2D eigenvalue weighted by molar-refractivity contribution is -0.137. The van der Waals surface area contributed by atoms with Gasteiger partial charge in [0.05, 0.1) is 18.8 Å². The van der Waals surface area contributed by atoms with Gasteiger partial charge in [0, 0.05) is 0 Å². The summed E-state index contributed by atoms with van der Waals surface area (Å²) in [4.78, 5) is 11.1. The quantitative estimate of drug-likeness (QED) is 0.349. The second kappa shape index (κ2) is 11.3. The summed E-state index contributed by atoms with van der Waals surface area (Å²) in [5.41, 5.74) is 0.167. The molecule has 18 heavy (non-hydrogen) atoms. The van der Waals surface area contributed by atoms with Crippen LogP contribution < -0.4 is 0 Å². The van der Waals surface area contributed by atoms with E-state index >= 15 is 0 Å². The molecule has 0 amide bonds. The molecule has 0 spiro atoms. The van der Waals surface area contributed by atoms with Crippen LogP contribution in [-0.2, 0) is 9.53 Å². The molecule has 3 heteroatoms. The number of hydrogen-bond acceptors (Lipinski definition) is 3. The average Bonchev–Trinajstić information content (AvgIpc) is 2.39. The minimum Gasteiger partial charge on any atom is -0.466 e. The molecule has 1 unspecified atom stereocenters. The summed E-state index contributed by atoms with van der Waals surface area (Å²) in [5, 5.41) is 9.69. The van der Waals surface area contributed by atoms with Gasteiger partial charge in [0.2, 0.25) is 0 Å². The van der Waals surface area contributed by atoms with Crippen molar-refractivity contribution in [2.24, 2.45) is 0 Å². The number of hydrogen-bond donors (Lipinski definition) is 1. The molecule has 0 aliphatic heterocycles. The number of unbranched alkanes of at least 4 members (excludes halogenated alkanes) is 7. The first kappa shape index (κ1) is 17.2. The molecule has 0 bridgehead atoms. The Bertz CT molecular complexity index is 236. The Balaban J connectivity index is 3.43. The molecule has 0 heterocycles. The Morgan fingerprint density at radius 1 is 1.11 bits per heavy atom. The maximum atomic E-state index is 11.1. The van der Waals surface area contributed by atoms with Crippen LogP contribution in [0.15, 0.2) is 12.2 Å². The van der Waals surface area contributed by atoms with Gasteiger partial charge in [-0.05, 0) is 6.42 Å². The Kier molecular flexibility index (Phi) is 10.8. The van der Waals surface area contributed by atoms with Crippen molar-refractivity contribution in [2.45, 2.75) is 70.8 Å². The van der Waals surface area contributed by atoms with E-state index in [9.17, 15) is 9.90 Å². The second-order valence-electron chi connectivity index (χ2n) is 4.80. The SMILES string of the molecule is C=C(C(=O)OC)C(O)CCCCCCCCCC. The summed E-state index contributed by atoms with van der Waals surface area (Å²) in [6, 6.07) is 0. The molecule has 0 fully saturated rings. The monoisotopic (exact) mass is 256 g/mol. The molecule has 3 nitrogen and oxygen atoms in total. The number of methoxy groups -OCH3 is 1. The maximum absolute atomic E-state index is 11.1. The standard InChI is InChI=1S/C15H28O3/c1-4-5-6-7-8-9-10-11-12-14(16)13(2)15(17)18-3/h14,16H,2,4-12H2,1,3H3. The van der Waals surface area contributed by atoms with Crippen molar-refractivity contribution in [3.63, 3.8) is 0 Å². The topological polar surface area (TPSA) is 46.5 Å². The fourth-order valence-electron chi connectivity index (χ4n) is 1.91. The molecule has 1 N–H and O–H groups in total. The van der Waals surface area contributed by atoms with E-state index in [0.29, 0.717) is 6.42 Å². The van der Waals surface area contributed by atoms with Crippen molar-refractivity contribution in [1.29, 1.82) is 0 Å². The zero-order valence-corrected chi connectivity index (χ0v) is 11.9. The third-order valence-electron chi connectivity index (χ3n) is 3.18. The molecule has 106 valence electrons. The molecule has 0 radical (unpaired) electrons. The molecule has 1 atom stereocenters. The molecular weight excluding hydrogens is 228 g/mol. The average molecular weight is 256 g/mol. The lowest BCUT2D eigenvalue weighted by atomic mass is 10.0. The summed E-state index contributed by atoms with van der Waals surface area (Å²) >= 11 is 0. The molecule has 0 saturated carbocycles. The van der Waals surface area contributed by atoms with Gasteiger partial charge in [0.1, 0.15) is 0 Å². The number of carbonyl (C=O) groups excluding carboxylic acids is 1. The summed E-state index contributed by atoms with van der Waals surface area (Å²) < 4.78 is 4.52. The van der Waals surface area contributed by atoms with Crippen molar-refractivity contribution in [3.8, 4) is 0 Å². The van der Waals surface area contributed by atoms with Crippen LogP contribution in [0.5, 0.6) is 0 Å². The third kappa shape index (κ3) is 8.29. The van der Waals surface area contributed by atoms with Gasteiger partial charge in [-0.1, -0.05) is 64.9 Å². The second-order valence-corrected chi connectivity index (χ2v) is 4.80. The number of aliphatic hydroxyl groups excluding tert-OH is 1. The first-order valence-corrected chi connectivity index (χ1v) is 7.08. The van der Waals surface area contributed by atoms with E-state index in [1.165, 1.54) is 45.6 Å². The van der Waals surface area contributed by atoms with Crippen molar-refractivity contribution < 1.29 is 14.6 Å². The van der Waals surface area contributed by atoms with Crippen molar-refractivity contribution in [3.05, 3.63) is 12.2 Å². The number of ether oxygens (including phenoxy) is 1. The van der Waals surface area contributed by atoms with E-state index in [-0.39, 0.29) is 5.57 Å². The first-order chi connectivity index (χ1) is 8.63. The fraction of sp³-hybridized carbons (Fsp3) is 0.800. The lowest BCUT2D eigenvalue weighted by Crippen LogP contribution is -2.18. The van der Waals surface area contributed by atoms with Gasteiger partial charge >= 0.3 is 5.97 Å². The van der Waals surface area contributed by atoms with Gasteiger partial charge in [-0.15, -0.1) is 0 Å². The number of rotatable bonds is 11. The Morgan fingerprint density at radius 2 is 1.61 bits per heavy atom. The Labute approximate surface area is 111 Å². The minimum atomic E-state index is -0.752. The lowest BCUT2D eigenvalue weighted by Gasteiger charge is -2.11. The van der Waals surface area contributed by atoms with Gasteiger partial charge in [0.25, 0.3) is 0 Å². The van der Waals surface area contributed by atoms with E-state index in [2.05, 4.69) is 18.2 Å². The zero-order valence-electron chi connectivity index (χ0n) is 11.9. The van der Waals surface area contributed by atoms with Crippen LogP contribution in [0.25, 0.3) is 0 Å². The van der Waals surface area contributed by atoms with Gasteiger partial charge in [-0.25, -0.2) is 4.79 Å². The number of aliphatic hydroxyl groups is 1. The normalized spacial score (nSPS) is 12.2. The number of carbonyl (C=O) groups is 1. The Hall–Kier alpha value is -0.830. The zero-order chi connectivity index (χ0) is 13.8. The van der Waals surface area contributed by atoms with Crippen LogP contribution in [0.3, 0.4) is 0 Å². The highest BCUT2D eigenvalue weighted by Crippen LogP contribution is 2.13. The third-order valence-corrected chi connectivity index (χ3v) is 3.18. The van der Waals surface area contributed by atoms with E-state index < -0.39 is 12.1 Å². The van der Waals surface area contributed by atoms with Gasteiger partial charge in [-0.3, -0.25) is 0 Å². The molecule has 0 aliphatic carbocycles. The molecule has 0 rings (SSSR count). The van der Waals surface area contributed by atoms with Gasteiger partial charge < -0.3 is 9.84 Å². The van der Waals surface area contributed by atoms with E-state index in [4.69, 9.17) is 0 Å². The molecule has 0 aromatic carbocycles. The fourth-order valence-corrected chi connectivity index (χ4v) is 1.91. The molecule has 0 aromatic rings. The van der Waals surface area contributed by atoms with E-state index in [1.54, 1.807) is 0 Å². The first-order valence-electron chi connectivity index (χ1n) is 7.08. The summed E-state index contributed by atoms with van der Waals surface area (Å²) in [6.07, 6.45) is 9.63. The van der Waals surface area contributed by atoms with Crippen LogP contribution in [0.4, 0.5) is 0 Å². The highest BCUT2D eigenvalue weighted by Gasteiger charge is 2.16. The highest BCUT2D eigenvalue weighted by molar-refractivity contribution is 5.88. The minimum absolute atomic E-state index is 0.167. The van der Waals surface area contributed by atoms with E-state index in [1.807, 2.05) is 0 Å². The summed E-state index contributed by atoms with van der Waals surface area (Å²) in [5.74, 6) is -0.512. The highest BCUT2D eigenvalue weighted by atomic mass is 16.5. The van der Waals surface area contributed by atoms with Crippen molar-refractivity contribution in [1.82, 2.24) is 0 Å². The molecule has 0 aromatic heterocycles. The van der Waals surface area contributed by atoms with Crippen molar-refractivity contribution in [2.75, 3.05) is 7.11 Å². The van der Waals surface area contributed by atoms with Gasteiger partial charge in [0.15, 0.2) is 0 Å². The summed E-state index contributed by atoms with van der Waals surface area (Å²) in [7, 11) is 1.30. The largest absolute Gasteiger partial charge is 0.466 e. The van der Waals surface area contributed by atoms with Gasteiger partial charge in [-0.2, -0.15) is 0 Å². The maximum Gasteiger partial charge on any atom is 0.335 e. The smallest absolute Gasteiger partial charge is 0.335 e. The van der Waals surface area contributed by atoms with Crippen LogP contribution in [0.2, 0.25) is 0 Å². The van der Waals surface area contributed by atoms with Crippen LogP contribution >= 0.6 is 0 Å². The van der Waals surface area contributed by atoms with Crippen LogP contribution in [-0.4, -0.2) is 24.3 Å².